The zero-order chi connectivity index (χ0) is 39.6. The van der Waals surface area contributed by atoms with E-state index in [9.17, 15) is 0 Å². The summed E-state index contributed by atoms with van der Waals surface area (Å²) in [6.07, 6.45) is 0. The molecular formula is C55H35N5. The third kappa shape index (κ3) is 5.52. The Kier molecular flexibility index (Phi) is 7.78. The van der Waals surface area contributed by atoms with Crippen LogP contribution in [0.2, 0.25) is 0 Å². The van der Waals surface area contributed by atoms with Gasteiger partial charge in [0.15, 0.2) is 17.5 Å². The lowest BCUT2D eigenvalue weighted by Crippen LogP contribution is -2.01. The van der Waals surface area contributed by atoms with Crippen LogP contribution in [0.25, 0.3) is 111 Å². The lowest BCUT2D eigenvalue weighted by molar-refractivity contribution is 1.07. The van der Waals surface area contributed by atoms with Crippen LogP contribution in [0.15, 0.2) is 212 Å². The second-order valence-corrected chi connectivity index (χ2v) is 15.3. The van der Waals surface area contributed by atoms with Gasteiger partial charge in [-0.15, -0.1) is 0 Å². The largest absolute Gasteiger partial charge is 0.309 e. The molecule has 0 saturated carbocycles. The molecule has 0 amide bonds. The molecule has 0 aliphatic heterocycles. The van der Waals surface area contributed by atoms with E-state index >= 15 is 0 Å². The van der Waals surface area contributed by atoms with E-state index in [1.54, 1.807) is 0 Å². The quantitative estimate of drug-likeness (QED) is 0.169. The molecule has 0 atom stereocenters. The standard InChI is InChI=1S/C55H35N5/c1-4-15-37(16-5-1)53-56-54(38-17-6-2-7-18-38)58-55(57-53)41-19-14-22-43(33-41)60-49-26-13-11-24-45(49)52-46-34-39(28-27-36(46)29-32-51(52)60)40-30-31-50-47(35-40)44-23-10-12-25-48(44)59(50)42-20-8-3-9-21-42/h1-35H. The van der Waals surface area contributed by atoms with Crippen LogP contribution in [0.3, 0.4) is 0 Å². The third-order valence-electron chi connectivity index (χ3n) is 11.7. The topological polar surface area (TPSA) is 48.5 Å². The van der Waals surface area contributed by atoms with E-state index in [2.05, 4.69) is 161 Å². The highest BCUT2D eigenvalue weighted by molar-refractivity contribution is 6.22. The fourth-order valence-corrected chi connectivity index (χ4v) is 8.97. The van der Waals surface area contributed by atoms with Crippen molar-refractivity contribution < 1.29 is 0 Å². The molecule has 9 aromatic carbocycles. The Morgan fingerprint density at radius 3 is 1.43 bits per heavy atom. The number of rotatable bonds is 6. The van der Waals surface area contributed by atoms with Gasteiger partial charge < -0.3 is 9.13 Å². The van der Waals surface area contributed by atoms with Gasteiger partial charge in [0, 0.05) is 49.6 Å². The predicted molar refractivity (Wildman–Crippen MR) is 248 cm³/mol. The van der Waals surface area contributed by atoms with E-state index in [0.29, 0.717) is 17.5 Å². The number of hydrogen-bond donors (Lipinski definition) is 0. The van der Waals surface area contributed by atoms with E-state index < -0.39 is 0 Å². The minimum atomic E-state index is 0.629. The Hall–Kier alpha value is -8.15. The van der Waals surface area contributed by atoms with Crippen LogP contribution in [0.4, 0.5) is 0 Å². The fourth-order valence-electron chi connectivity index (χ4n) is 8.97. The summed E-state index contributed by atoms with van der Waals surface area (Å²) in [5.74, 6) is 1.92. The first-order chi connectivity index (χ1) is 29.7. The van der Waals surface area contributed by atoms with Crippen LogP contribution < -0.4 is 0 Å². The molecule has 3 heterocycles. The minimum absolute atomic E-state index is 0.629. The molecule has 12 aromatic rings. The van der Waals surface area contributed by atoms with E-state index in [1.165, 1.54) is 54.5 Å². The average Bonchev–Trinajstić information content (AvgIpc) is 3.85. The van der Waals surface area contributed by atoms with Crippen molar-refractivity contribution in [2.75, 3.05) is 0 Å². The zero-order valence-electron chi connectivity index (χ0n) is 32.4. The molecule has 12 rings (SSSR count). The maximum atomic E-state index is 5.05. The van der Waals surface area contributed by atoms with Gasteiger partial charge in [0.2, 0.25) is 0 Å². The van der Waals surface area contributed by atoms with Crippen LogP contribution in [0.5, 0.6) is 0 Å². The number of hydrogen-bond acceptors (Lipinski definition) is 3. The lowest BCUT2D eigenvalue weighted by atomic mass is 9.97. The van der Waals surface area contributed by atoms with Gasteiger partial charge in [-0.05, 0) is 82.6 Å². The van der Waals surface area contributed by atoms with Crippen LogP contribution in [-0.4, -0.2) is 24.1 Å². The molecule has 3 aromatic heterocycles. The molecule has 0 unspecified atom stereocenters. The van der Waals surface area contributed by atoms with Crippen molar-refractivity contribution in [3.05, 3.63) is 212 Å². The van der Waals surface area contributed by atoms with E-state index in [0.717, 1.165) is 39.1 Å². The van der Waals surface area contributed by atoms with Crippen molar-refractivity contribution in [3.8, 4) is 56.7 Å². The molecule has 5 nitrogen and oxygen atoms in total. The van der Waals surface area contributed by atoms with Gasteiger partial charge in [0.05, 0.1) is 22.1 Å². The van der Waals surface area contributed by atoms with Crippen molar-refractivity contribution in [2.24, 2.45) is 0 Å². The maximum absolute atomic E-state index is 5.05. The van der Waals surface area contributed by atoms with Crippen molar-refractivity contribution in [3.63, 3.8) is 0 Å². The zero-order valence-corrected chi connectivity index (χ0v) is 32.4. The van der Waals surface area contributed by atoms with Crippen LogP contribution in [-0.2, 0) is 0 Å². The number of para-hydroxylation sites is 3. The molecule has 60 heavy (non-hydrogen) atoms. The van der Waals surface area contributed by atoms with Crippen LogP contribution >= 0.6 is 0 Å². The smallest absolute Gasteiger partial charge is 0.164 e. The van der Waals surface area contributed by atoms with Gasteiger partial charge in [0.1, 0.15) is 0 Å². The second kappa shape index (κ2) is 13.8. The Morgan fingerprint density at radius 2 is 0.733 bits per heavy atom. The highest BCUT2D eigenvalue weighted by atomic mass is 15.0. The molecule has 0 bridgehead atoms. The summed E-state index contributed by atoms with van der Waals surface area (Å²) in [4.78, 5) is 15.0. The number of fused-ring (bicyclic) bond motifs is 8. The van der Waals surface area contributed by atoms with Crippen LogP contribution in [0.1, 0.15) is 0 Å². The van der Waals surface area contributed by atoms with Crippen molar-refractivity contribution in [1.29, 1.82) is 0 Å². The first-order valence-electron chi connectivity index (χ1n) is 20.3. The van der Waals surface area contributed by atoms with Gasteiger partial charge in [-0.3, -0.25) is 0 Å². The normalized spacial score (nSPS) is 11.7. The number of nitrogens with zero attached hydrogens (tertiary/aromatic N) is 5. The summed E-state index contributed by atoms with van der Waals surface area (Å²) in [7, 11) is 0. The second-order valence-electron chi connectivity index (χ2n) is 15.3. The first-order valence-corrected chi connectivity index (χ1v) is 20.3. The lowest BCUT2D eigenvalue weighted by Gasteiger charge is -2.12. The van der Waals surface area contributed by atoms with E-state index in [4.69, 9.17) is 15.0 Å². The van der Waals surface area contributed by atoms with E-state index in [1.807, 2.05) is 60.7 Å². The molecule has 0 spiro atoms. The van der Waals surface area contributed by atoms with Gasteiger partial charge >= 0.3 is 0 Å². The fraction of sp³-hybridized carbons (Fsp3) is 0. The van der Waals surface area contributed by atoms with Crippen molar-refractivity contribution in [1.82, 2.24) is 24.1 Å². The predicted octanol–water partition coefficient (Wildman–Crippen LogP) is 13.9. The van der Waals surface area contributed by atoms with Gasteiger partial charge in [0.25, 0.3) is 0 Å². The summed E-state index contributed by atoms with van der Waals surface area (Å²) >= 11 is 0. The monoisotopic (exact) mass is 765 g/mol. The molecule has 0 saturated heterocycles. The number of aromatic nitrogens is 5. The SMILES string of the molecule is c1ccc(-c2nc(-c3ccccc3)nc(-c3cccc(-n4c5ccccc5c5c6cc(-c7ccc8c(c7)c7ccccc7n8-c7ccccc7)ccc6ccc54)c3)n2)cc1. The first kappa shape index (κ1) is 33.9. The molecule has 0 radical (unpaired) electrons. The molecule has 280 valence electrons. The Labute approximate surface area is 346 Å². The summed E-state index contributed by atoms with van der Waals surface area (Å²) in [5.41, 5.74) is 12.1. The summed E-state index contributed by atoms with van der Waals surface area (Å²) in [6, 6.07) is 75.2. The van der Waals surface area contributed by atoms with Gasteiger partial charge in [-0.25, -0.2) is 15.0 Å². The Balaban J connectivity index is 1.02. The highest BCUT2D eigenvalue weighted by Gasteiger charge is 2.18. The summed E-state index contributed by atoms with van der Waals surface area (Å²) < 4.78 is 4.75. The molecule has 0 aliphatic rings. The Bertz CT molecular complexity index is 3530. The third-order valence-corrected chi connectivity index (χ3v) is 11.7. The van der Waals surface area contributed by atoms with E-state index in [-0.39, 0.29) is 0 Å². The van der Waals surface area contributed by atoms with Gasteiger partial charge in [-0.2, -0.15) is 0 Å². The van der Waals surface area contributed by atoms with Crippen molar-refractivity contribution >= 4 is 54.4 Å². The van der Waals surface area contributed by atoms with Gasteiger partial charge in [-0.1, -0.05) is 152 Å². The summed E-state index contributed by atoms with van der Waals surface area (Å²) in [6.45, 7) is 0. The maximum Gasteiger partial charge on any atom is 0.164 e. The number of benzene rings is 9. The molecule has 0 fully saturated rings. The van der Waals surface area contributed by atoms with Crippen molar-refractivity contribution in [2.45, 2.75) is 0 Å². The Morgan fingerprint density at radius 1 is 0.267 bits per heavy atom. The molecular weight excluding hydrogens is 731 g/mol. The highest BCUT2D eigenvalue weighted by Crippen LogP contribution is 2.40. The summed E-state index contributed by atoms with van der Waals surface area (Å²) in [5, 5.41) is 7.36. The molecule has 0 aliphatic carbocycles. The molecule has 5 heteroatoms. The average molecular weight is 766 g/mol. The van der Waals surface area contributed by atoms with Crippen LogP contribution in [0, 0.1) is 0 Å². The molecule has 0 N–H and O–H groups in total. The minimum Gasteiger partial charge on any atom is -0.309 e.